The van der Waals surface area contributed by atoms with Crippen LogP contribution in [-0.2, 0) is 14.4 Å². The molecule has 9 nitrogen and oxygen atoms in total. The number of hydrogen-bond donors (Lipinski definition) is 5. The van der Waals surface area contributed by atoms with Crippen LogP contribution in [0.1, 0.15) is 23.4 Å². The summed E-state index contributed by atoms with van der Waals surface area (Å²) in [4.78, 5) is 36.2. The summed E-state index contributed by atoms with van der Waals surface area (Å²) in [5.41, 5.74) is 6.19. The van der Waals surface area contributed by atoms with E-state index < -0.39 is 17.7 Å². The fourth-order valence-electron chi connectivity index (χ4n) is 2.25. The first-order valence-electron chi connectivity index (χ1n) is 8.27. The van der Waals surface area contributed by atoms with E-state index in [1.54, 1.807) is 32.2 Å². The minimum Gasteiger partial charge on any atom is -0.497 e. The summed E-state index contributed by atoms with van der Waals surface area (Å²) >= 11 is 1.07. The number of nitrogens with two attached hydrogens (primary N) is 1. The molecule has 0 radical (unpaired) electrons. The summed E-state index contributed by atoms with van der Waals surface area (Å²) in [6.45, 7) is 1.45. The quantitative estimate of drug-likeness (QED) is 0.266. The van der Waals surface area contributed by atoms with E-state index in [1.165, 1.54) is 6.07 Å². The maximum Gasteiger partial charge on any atom is 0.314 e. The lowest BCUT2D eigenvalue weighted by atomic mass is 10.1. The Kier molecular flexibility index (Phi) is 7.10. The number of nitrogens with one attached hydrogen (secondary N) is 4. The molecular weight excluding hydrogens is 382 g/mol. The first-order valence-corrected chi connectivity index (χ1v) is 9.08. The third-order valence-corrected chi connectivity index (χ3v) is 4.73. The molecule has 0 bridgehead atoms. The normalized spacial score (nSPS) is 11.2. The van der Waals surface area contributed by atoms with Gasteiger partial charge in [0.05, 0.1) is 29.6 Å². The molecule has 1 aromatic heterocycles. The van der Waals surface area contributed by atoms with Crippen LogP contribution in [0, 0.1) is 5.41 Å². The van der Waals surface area contributed by atoms with E-state index in [9.17, 15) is 14.4 Å². The number of amides is 3. The molecule has 6 N–H and O–H groups in total. The van der Waals surface area contributed by atoms with Crippen molar-refractivity contribution in [2.45, 2.75) is 13.0 Å². The van der Waals surface area contributed by atoms with Crippen LogP contribution in [0.2, 0.25) is 0 Å². The lowest BCUT2D eigenvalue weighted by Gasteiger charge is -2.15. The molecule has 1 aromatic carbocycles. The molecule has 3 amide bonds. The van der Waals surface area contributed by atoms with Gasteiger partial charge in [0.1, 0.15) is 11.6 Å². The van der Waals surface area contributed by atoms with Gasteiger partial charge in [0.25, 0.3) is 0 Å². The van der Waals surface area contributed by atoms with Crippen LogP contribution >= 0.6 is 11.3 Å². The zero-order chi connectivity index (χ0) is 20.7. The van der Waals surface area contributed by atoms with Crippen molar-refractivity contribution < 1.29 is 19.1 Å². The van der Waals surface area contributed by atoms with Gasteiger partial charge in [-0.3, -0.25) is 19.8 Å². The van der Waals surface area contributed by atoms with Crippen LogP contribution in [0.4, 0.5) is 5.00 Å². The zero-order valence-electron chi connectivity index (χ0n) is 15.4. The number of hydrogen-bond acceptors (Lipinski definition) is 6. The molecule has 10 heteroatoms. The average molecular weight is 403 g/mol. The van der Waals surface area contributed by atoms with Crippen LogP contribution in [-0.4, -0.2) is 37.2 Å². The molecule has 0 fully saturated rings. The van der Waals surface area contributed by atoms with Gasteiger partial charge in [-0.05, 0) is 36.8 Å². The van der Waals surface area contributed by atoms with Crippen molar-refractivity contribution in [1.82, 2.24) is 10.6 Å². The number of amidine groups is 1. The number of methoxy groups -OCH3 is 1. The monoisotopic (exact) mass is 403 g/mol. The van der Waals surface area contributed by atoms with Crippen LogP contribution < -0.4 is 26.4 Å². The first-order chi connectivity index (χ1) is 13.3. The van der Waals surface area contributed by atoms with Crippen molar-refractivity contribution in [3.05, 3.63) is 46.8 Å². The molecule has 1 heterocycles. The van der Waals surface area contributed by atoms with Crippen molar-refractivity contribution in [2.75, 3.05) is 19.0 Å². The van der Waals surface area contributed by atoms with Crippen LogP contribution in [0.3, 0.4) is 0 Å². The highest BCUT2D eigenvalue weighted by Gasteiger charge is 2.17. The van der Waals surface area contributed by atoms with Gasteiger partial charge in [0.15, 0.2) is 0 Å². The van der Waals surface area contributed by atoms with Crippen LogP contribution in [0.15, 0.2) is 36.4 Å². The molecule has 148 valence electrons. The second-order valence-corrected chi connectivity index (χ2v) is 6.86. The van der Waals surface area contributed by atoms with Crippen molar-refractivity contribution >= 4 is 39.9 Å². The van der Waals surface area contributed by atoms with E-state index in [1.807, 2.05) is 12.1 Å². The van der Waals surface area contributed by atoms with Crippen LogP contribution in [0.5, 0.6) is 5.75 Å². The van der Waals surface area contributed by atoms with E-state index in [4.69, 9.17) is 15.9 Å². The first kappa shape index (κ1) is 20.9. The average Bonchev–Trinajstić information content (AvgIpc) is 3.14. The van der Waals surface area contributed by atoms with Gasteiger partial charge in [-0.1, -0.05) is 12.1 Å². The van der Waals surface area contributed by atoms with E-state index in [0.29, 0.717) is 15.6 Å². The Balaban J connectivity index is 1.81. The molecule has 2 rings (SSSR count). The summed E-state index contributed by atoms with van der Waals surface area (Å²) in [6.07, 6.45) is 0. The second kappa shape index (κ2) is 9.51. The van der Waals surface area contributed by atoms with Crippen molar-refractivity contribution in [3.8, 4) is 5.75 Å². The Morgan fingerprint density at radius 1 is 1.21 bits per heavy atom. The van der Waals surface area contributed by atoms with E-state index in [-0.39, 0.29) is 18.4 Å². The molecule has 0 saturated carbocycles. The Labute approximate surface area is 165 Å². The zero-order valence-corrected chi connectivity index (χ0v) is 16.2. The van der Waals surface area contributed by atoms with Gasteiger partial charge in [-0.25, -0.2) is 0 Å². The summed E-state index contributed by atoms with van der Waals surface area (Å²) in [5, 5.41) is 15.1. The third-order valence-electron chi connectivity index (χ3n) is 3.70. The number of ether oxygens (including phenoxy) is 1. The van der Waals surface area contributed by atoms with Crippen molar-refractivity contribution in [3.63, 3.8) is 0 Å². The SMILES string of the molecule is COc1cccc([C@H](C)NC(=O)CNC(=O)C(=O)Nc2ccc(C(=N)N)s2)c1. The maximum absolute atomic E-state index is 12.0. The molecule has 28 heavy (non-hydrogen) atoms. The Hall–Kier alpha value is -3.40. The number of benzene rings is 1. The summed E-state index contributed by atoms with van der Waals surface area (Å²) < 4.78 is 5.15. The molecule has 0 aliphatic rings. The number of thiophene rings is 1. The maximum atomic E-state index is 12.0. The predicted molar refractivity (Wildman–Crippen MR) is 107 cm³/mol. The number of carbonyl (C=O) groups is 3. The van der Waals surface area contributed by atoms with Gasteiger partial charge in [-0.15, -0.1) is 11.3 Å². The highest BCUT2D eigenvalue weighted by molar-refractivity contribution is 7.18. The molecule has 2 aromatic rings. The Morgan fingerprint density at radius 2 is 1.96 bits per heavy atom. The smallest absolute Gasteiger partial charge is 0.314 e. The minimum atomic E-state index is -0.943. The summed E-state index contributed by atoms with van der Waals surface area (Å²) in [5.74, 6) is -1.75. The largest absolute Gasteiger partial charge is 0.497 e. The van der Waals surface area contributed by atoms with E-state index >= 15 is 0 Å². The fraction of sp³-hybridized carbons (Fsp3) is 0.222. The lowest BCUT2D eigenvalue weighted by Crippen LogP contribution is -2.42. The molecule has 0 saturated heterocycles. The Bertz CT molecular complexity index is 896. The van der Waals surface area contributed by atoms with E-state index in [0.717, 1.165) is 16.9 Å². The van der Waals surface area contributed by atoms with Crippen molar-refractivity contribution in [1.29, 1.82) is 5.41 Å². The summed E-state index contributed by atoms with van der Waals surface area (Å²) in [7, 11) is 1.56. The highest BCUT2D eigenvalue weighted by atomic mass is 32.1. The third kappa shape index (κ3) is 5.81. The second-order valence-electron chi connectivity index (χ2n) is 5.78. The van der Waals surface area contributed by atoms with Gasteiger partial charge >= 0.3 is 11.8 Å². The highest BCUT2D eigenvalue weighted by Crippen LogP contribution is 2.21. The lowest BCUT2D eigenvalue weighted by molar-refractivity contribution is -0.136. The Morgan fingerprint density at radius 3 is 2.61 bits per heavy atom. The number of rotatable bonds is 7. The number of carbonyl (C=O) groups excluding carboxylic acids is 3. The van der Waals surface area contributed by atoms with Gasteiger partial charge in [-0.2, -0.15) is 0 Å². The number of anilines is 1. The van der Waals surface area contributed by atoms with Crippen LogP contribution in [0.25, 0.3) is 0 Å². The van der Waals surface area contributed by atoms with Gasteiger partial charge < -0.3 is 26.4 Å². The summed E-state index contributed by atoms with van der Waals surface area (Å²) in [6, 6.07) is 10.0. The van der Waals surface area contributed by atoms with Gasteiger partial charge in [0, 0.05) is 0 Å². The fourth-order valence-corrected chi connectivity index (χ4v) is 3.01. The predicted octanol–water partition coefficient (Wildman–Crippen LogP) is 0.973. The molecule has 0 aliphatic carbocycles. The van der Waals surface area contributed by atoms with Gasteiger partial charge in [0.2, 0.25) is 5.91 Å². The van der Waals surface area contributed by atoms with Crippen molar-refractivity contribution in [2.24, 2.45) is 5.73 Å². The topological polar surface area (TPSA) is 146 Å². The minimum absolute atomic E-state index is 0.128. The standard InChI is InChI=1S/C18H21N5O4S/c1-10(11-4-3-5-12(8-11)27-2)22-14(24)9-21-17(25)18(26)23-15-7-6-13(28-15)16(19)20/h3-8,10H,9H2,1-2H3,(H3,19,20)(H,21,25)(H,22,24)(H,23,26)/t10-/m0/s1. The number of nitrogen functional groups attached to an aromatic ring is 1. The molecule has 1 atom stereocenters. The molecule has 0 aliphatic heterocycles. The molecule has 0 spiro atoms. The molecular formula is C18H21N5O4S. The molecule has 0 unspecified atom stereocenters. The van der Waals surface area contributed by atoms with E-state index in [2.05, 4.69) is 16.0 Å².